The van der Waals surface area contributed by atoms with E-state index in [2.05, 4.69) is 15.3 Å². The summed E-state index contributed by atoms with van der Waals surface area (Å²) in [6, 6.07) is 9.67. The van der Waals surface area contributed by atoms with Gasteiger partial charge in [0.1, 0.15) is 5.82 Å². The first-order valence-corrected chi connectivity index (χ1v) is 11.0. The van der Waals surface area contributed by atoms with Gasteiger partial charge in [0.2, 0.25) is 0 Å². The molecule has 0 radical (unpaired) electrons. The molecule has 1 N–H and O–H groups in total. The van der Waals surface area contributed by atoms with E-state index in [1.165, 1.54) is 28.9 Å². The van der Waals surface area contributed by atoms with Gasteiger partial charge in [-0.25, -0.2) is 9.97 Å². The minimum Gasteiger partial charge on any atom is -0.348 e. The van der Waals surface area contributed by atoms with Crippen molar-refractivity contribution in [3.63, 3.8) is 0 Å². The van der Waals surface area contributed by atoms with Gasteiger partial charge in [0.05, 0.1) is 11.3 Å². The number of carbonyl (C=O) groups is 1. The highest BCUT2D eigenvalue weighted by molar-refractivity contribution is 7.86. The lowest BCUT2D eigenvalue weighted by Gasteiger charge is -2.32. The highest BCUT2D eigenvalue weighted by atomic mass is 32.2. The summed E-state index contributed by atoms with van der Waals surface area (Å²) in [7, 11) is -0.399. The first-order chi connectivity index (χ1) is 13.8. The molecule has 2 aromatic rings. The number of amides is 1. The number of piperidine rings is 1. The zero-order valence-corrected chi connectivity index (χ0v) is 17.8. The molecule has 0 bridgehead atoms. The topological polar surface area (TPSA) is 95.5 Å². The van der Waals surface area contributed by atoms with Crippen LogP contribution in [-0.2, 0) is 16.8 Å². The van der Waals surface area contributed by atoms with Crippen molar-refractivity contribution >= 4 is 16.1 Å². The van der Waals surface area contributed by atoms with Crippen LogP contribution in [0.3, 0.4) is 0 Å². The van der Waals surface area contributed by atoms with Crippen molar-refractivity contribution in [1.29, 1.82) is 0 Å². The number of benzene rings is 1. The highest BCUT2D eigenvalue weighted by Crippen LogP contribution is 2.27. The standard InChI is InChI=1S/C20H27N5O3S/c1-15-18(20(26)22-12-16-8-5-4-6-9-16)13-21-19(23-15)17-10-7-11-25(14-17)29(27,28)24(2)3/h4-6,8-9,13,17H,7,10-12,14H2,1-3H3,(H,22,26). The van der Waals surface area contributed by atoms with E-state index < -0.39 is 10.2 Å². The summed E-state index contributed by atoms with van der Waals surface area (Å²) < 4.78 is 27.5. The van der Waals surface area contributed by atoms with Gasteiger partial charge >= 0.3 is 0 Å². The Balaban J connectivity index is 1.69. The Bertz CT molecular complexity index is 963. The summed E-state index contributed by atoms with van der Waals surface area (Å²) in [5.41, 5.74) is 2.03. The molecule has 1 aliphatic rings. The van der Waals surface area contributed by atoms with Crippen LogP contribution in [0.5, 0.6) is 0 Å². The van der Waals surface area contributed by atoms with Crippen molar-refractivity contribution < 1.29 is 13.2 Å². The predicted molar refractivity (Wildman–Crippen MR) is 111 cm³/mol. The average molecular weight is 418 g/mol. The third-order valence-corrected chi connectivity index (χ3v) is 6.98. The molecule has 1 aromatic heterocycles. The number of carbonyl (C=O) groups excluding carboxylic acids is 1. The van der Waals surface area contributed by atoms with E-state index in [1.807, 2.05) is 30.3 Å². The first kappa shape index (κ1) is 21.4. The second-order valence-electron chi connectivity index (χ2n) is 7.38. The zero-order chi connectivity index (χ0) is 21.0. The van der Waals surface area contributed by atoms with Gasteiger partial charge in [-0.2, -0.15) is 17.0 Å². The SMILES string of the molecule is Cc1nc(C2CCCN(S(=O)(=O)N(C)C)C2)ncc1C(=O)NCc1ccccc1. The second kappa shape index (κ2) is 8.98. The molecule has 1 atom stereocenters. The quantitative estimate of drug-likeness (QED) is 0.772. The van der Waals surface area contributed by atoms with E-state index in [9.17, 15) is 13.2 Å². The van der Waals surface area contributed by atoms with Crippen molar-refractivity contribution in [2.24, 2.45) is 0 Å². The van der Waals surface area contributed by atoms with Gasteiger partial charge < -0.3 is 5.32 Å². The molecule has 156 valence electrons. The summed E-state index contributed by atoms with van der Waals surface area (Å²) in [5.74, 6) is 0.276. The fourth-order valence-corrected chi connectivity index (χ4v) is 4.56. The molecule has 1 amide bonds. The van der Waals surface area contributed by atoms with Gasteiger partial charge in [0.15, 0.2) is 0 Å². The summed E-state index contributed by atoms with van der Waals surface area (Å²) in [5, 5.41) is 2.88. The maximum Gasteiger partial charge on any atom is 0.281 e. The van der Waals surface area contributed by atoms with Crippen molar-refractivity contribution in [2.45, 2.75) is 32.2 Å². The van der Waals surface area contributed by atoms with Crippen molar-refractivity contribution in [3.8, 4) is 0 Å². The first-order valence-electron chi connectivity index (χ1n) is 9.62. The Labute approximate surface area is 172 Å². The molecule has 29 heavy (non-hydrogen) atoms. The molecule has 0 saturated carbocycles. The third-order valence-electron chi connectivity index (χ3n) is 5.08. The minimum absolute atomic E-state index is 0.0846. The fraction of sp³-hybridized carbons (Fsp3) is 0.450. The van der Waals surface area contributed by atoms with E-state index in [0.29, 0.717) is 36.7 Å². The number of aromatic nitrogens is 2. The zero-order valence-electron chi connectivity index (χ0n) is 17.0. The van der Waals surface area contributed by atoms with E-state index in [-0.39, 0.29) is 11.8 Å². The summed E-state index contributed by atoms with van der Waals surface area (Å²) >= 11 is 0. The van der Waals surface area contributed by atoms with Gasteiger partial charge in [0.25, 0.3) is 16.1 Å². The predicted octanol–water partition coefficient (Wildman–Crippen LogP) is 1.70. The maximum atomic E-state index is 12.5. The number of aryl methyl sites for hydroxylation is 1. The summed E-state index contributed by atoms with van der Waals surface area (Å²) in [6.07, 6.45) is 3.11. The van der Waals surface area contributed by atoms with Crippen LogP contribution in [0.1, 0.15) is 46.2 Å². The highest BCUT2D eigenvalue weighted by Gasteiger charge is 2.32. The molecule has 1 fully saturated rings. The van der Waals surface area contributed by atoms with Gasteiger partial charge in [0, 0.05) is 45.8 Å². The van der Waals surface area contributed by atoms with Gasteiger partial charge in [-0.15, -0.1) is 0 Å². The van der Waals surface area contributed by atoms with Crippen molar-refractivity contribution in [1.82, 2.24) is 23.9 Å². The van der Waals surface area contributed by atoms with E-state index >= 15 is 0 Å². The Morgan fingerprint density at radius 1 is 1.28 bits per heavy atom. The third kappa shape index (κ3) is 4.98. The normalized spacial score (nSPS) is 18.0. The molecule has 8 nitrogen and oxygen atoms in total. The van der Waals surface area contributed by atoms with Crippen LogP contribution in [0.25, 0.3) is 0 Å². The Kier molecular flexibility index (Phi) is 6.61. The van der Waals surface area contributed by atoms with Crippen LogP contribution in [0.4, 0.5) is 0 Å². The number of hydrogen-bond acceptors (Lipinski definition) is 5. The summed E-state index contributed by atoms with van der Waals surface area (Å²) in [6.45, 7) is 3.05. The van der Waals surface area contributed by atoms with E-state index in [4.69, 9.17) is 0 Å². The lowest BCUT2D eigenvalue weighted by atomic mass is 9.98. The Hall–Kier alpha value is -2.36. The number of hydrogen-bond donors (Lipinski definition) is 1. The van der Waals surface area contributed by atoms with Crippen LogP contribution < -0.4 is 5.32 Å². The monoisotopic (exact) mass is 417 g/mol. The van der Waals surface area contributed by atoms with Crippen LogP contribution in [-0.4, -0.2) is 60.1 Å². The van der Waals surface area contributed by atoms with Gasteiger partial charge in [-0.1, -0.05) is 30.3 Å². The van der Waals surface area contributed by atoms with Crippen LogP contribution >= 0.6 is 0 Å². The van der Waals surface area contributed by atoms with Gasteiger partial charge in [-0.05, 0) is 25.3 Å². The lowest BCUT2D eigenvalue weighted by Crippen LogP contribution is -2.45. The Morgan fingerprint density at radius 2 is 2.00 bits per heavy atom. The van der Waals surface area contributed by atoms with E-state index in [0.717, 1.165) is 18.4 Å². The largest absolute Gasteiger partial charge is 0.348 e. The molecule has 3 rings (SSSR count). The smallest absolute Gasteiger partial charge is 0.281 e. The molecule has 1 unspecified atom stereocenters. The molecular formula is C20H27N5O3S. The van der Waals surface area contributed by atoms with Crippen LogP contribution in [0.2, 0.25) is 0 Å². The average Bonchev–Trinajstić information content (AvgIpc) is 2.72. The minimum atomic E-state index is -3.46. The molecule has 1 saturated heterocycles. The molecule has 1 aromatic carbocycles. The van der Waals surface area contributed by atoms with Crippen LogP contribution in [0.15, 0.2) is 36.5 Å². The molecule has 0 aliphatic carbocycles. The fourth-order valence-electron chi connectivity index (χ4n) is 3.37. The molecule has 0 spiro atoms. The second-order valence-corrected chi connectivity index (χ2v) is 9.53. The number of nitrogens with zero attached hydrogens (tertiary/aromatic N) is 4. The van der Waals surface area contributed by atoms with E-state index in [1.54, 1.807) is 6.92 Å². The number of rotatable bonds is 6. The Morgan fingerprint density at radius 3 is 2.66 bits per heavy atom. The summed E-state index contributed by atoms with van der Waals surface area (Å²) in [4.78, 5) is 21.4. The maximum absolute atomic E-state index is 12.5. The molecule has 1 aliphatic heterocycles. The molecule has 2 heterocycles. The number of nitrogens with one attached hydrogen (secondary N) is 1. The van der Waals surface area contributed by atoms with Crippen molar-refractivity contribution in [2.75, 3.05) is 27.2 Å². The molecular weight excluding hydrogens is 390 g/mol. The van der Waals surface area contributed by atoms with Crippen molar-refractivity contribution in [3.05, 3.63) is 59.2 Å². The van der Waals surface area contributed by atoms with Gasteiger partial charge in [-0.3, -0.25) is 4.79 Å². The molecule has 9 heteroatoms. The van der Waals surface area contributed by atoms with Crippen LogP contribution in [0, 0.1) is 6.92 Å². The lowest BCUT2D eigenvalue weighted by molar-refractivity contribution is 0.0949.